The minimum Gasteiger partial charge on any atom is -0.462 e. The van der Waals surface area contributed by atoms with Crippen LogP contribution in [0.15, 0.2) is 60.8 Å². The molecule has 1 atom stereocenters. The van der Waals surface area contributed by atoms with Gasteiger partial charge in [0.25, 0.3) is 5.91 Å². The molecule has 0 bridgehead atoms. The monoisotopic (exact) mass is 567 g/mol. The number of likely N-dealkylation sites (tertiary alicyclic amines) is 1. The molecule has 1 amide bonds. The van der Waals surface area contributed by atoms with E-state index in [1.165, 1.54) is 12.3 Å². The fraction of sp³-hybridized carbons (Fsp3) is 0.364. The highest BCUT2D eigenvalue weighted by Crippen LogP contribution is 2.46. The highest BCUT2D eigenvalue weighted by atomic mass is 19.1. The SMILES string of the molecule is CCOC(=O)c1ccc(-c2ccc(-c3cc4nc(C(=O)N5CCCC6(CC=CC6)C5C)cc(CC)n4n3)c(F)c2)nc1. The van der Waals surface area contributed by atoms with E-state index < -0.39 is 11.8 Å². The van der Waals surface area contributed by atoms with Crippen LogP contribution in [0.1, 0.15) is 73.0 Å². The van der Waals surface area contributed by atoms with Gasteiger partial charge in [0.05, 0.1) is 23.6 Å². The molecule has 8 nitrogen and oxygen atoms in total. The van der Waals surface area contributed by atoms with Crippen molar-refractivity contribution in [1.82, 2.24) is 24.5 Å². The fourth-order valence-corrected chi connectivity index (χ4v) is 6.34. The number of aromatic nitrogens is 4. The van der Waals surface area contributed by atoms with Gasteiger partial charge < -0.3 is 9.64 Å². The number of allylic oxidation sites excluding steroid dienone is 2. The van der Waals surface area contributed by atoms with Crippen molar-refractivity contribution in [3.05, 3.63) is 83.6 Å². The van der Waals surface area contributed by atoms with E-state index in [0.29, 0.717) is 45.8 Å². The van der Waals surface area contributed by atoms with E-state index in [1.54, 1.807) is 41.8 Å². The van der Waals surface area contributed by atoms with Crippen molar-refractivity contribution in [2.45, 2.75) is 58.9 Å². The first-order valence-corrected chi connectivity index (χ1v) is 14.6. The second kappa shape index (κ2) is 11.1. The largest absolute Gasteiger partial charge is 0.462 e. The molecular weight excluding hydrogens is 533 g/mol. The highest BCUT2D eigenvalue weighted by Gasteiger charge is 2.44. The lowest BCUT2D eigenvalue weighted by Gasteiger charge is -2.46. The number of halogens is 1. The zero-order valence-corrected chi connectivity index (χ0v) is 24.1. The first-order valence-electron chi connectivity index (χ1n) is 14.6. The van der Waals surface area contributed by atoms with Crippen LogP contribution >= 0.6 is 0 Å². The lowest BCUT2D eigenvalue weighted by Crippen LogP contribution is -2.52. The van der Waals surface area contributed by atoms with Crippen LogP contribution in [0.2, 0.25) is 0 Å². The predicted octanol–water partition coefficient (Wildman–Crippen LogP) is 6.30. The molecule has 1 saturated heterocycles. The Hall–Kier alpha value is -4.40. The first kappa shape index (κ1) is 27.8. The van der Waals surface area contributed by atoms with Crippen LogP contribution in [-0.4, -0.2) is 55.6 Å². The van der Waals surface area contributed by atoms with Crippen molar-refractivity contribution < 1.29 is 18.7 Å². The van der Waals surface area contributed by atoms with Crippen molar-refractivity contribution >= 4 is 17.5 Å². The van der Waals surface area contributed by atoms with Gasteiger partial charge in [-0.2, -0.15) is 5.10 Å². The van der Waals surface area contributed by atoms with Gasteiger partial charge in [0.1, 0.15) is 11.5 Å². The molecule has 0 saturated carbocycles. The number of nitrogens with zero attached hydrogens (tertiary/aromatic N) is 5. The van der Waals surface area contributed by atoms with Crippen LogP contribution in [0.4, 0.5) is 4.39 Å². The summed E-state index contributed by atoms with van der Waals surface area (Å²) in [6, 6.07) is 11.8. The third kappa shape index (κ3) is 4.86. The van der Waals surface area contributed by atoms with Gasteiger partial charge in [0.2, 0.25) is 0 Å². The highest BCUT2D eigenvalue weighted by molar-refractivity contribution is 5.93. The number of carbonyl (C=O) groups is 2. The number of carbonyl (C=O) groups excluding carboxylic acids is 2. The molecule has 0 radical (unpaired) electrons. The molecule has 1 spiro atoms. The molecule has 216 valence electrons. The van der Waals surface area contributed by atoms with E-state index in [2.05, 4.69) is 29.2 Å². The molecule has 1 aliphatic carbocycles. The van der Waals surface area contributed by atoms with E-state index in [9.17, 15) is 9.59 Å². The Kier molecular flexibility index (Phi) is 7.35. The van der Waals surface area contributed by atoms with Crippen molar-refractivity contribution in [3.63, 3.8) is 0 Å². The summed E-state index contributed by atoms with van der Waals surface area (Å²) in [5, 5.41) is 4.67. The van der Waals surface area contributed by atoms with Gasteiger partial charge in [-0.3, -0.25) is 9.78 Å². The Labute approximate surface area is 244 Å². The molecule has 9 heteroatoms. The van der Waals surface area contributed by atoms with Crippen LogP contribution in [-0.2, 0) is 11.2 Å². The van der Waals surface area contributed by atoms with Gasteiger partial charge >= 0.3 is 5.97 Å². The standard InChI is InChI=1S/C33H34FN5O3/c1-4-24-18-29(31(40)38-16-8-15-33(21(38)3)13-6-7-14-33)36-30-19-28(37-39(24)30)25-11-9-22(17-26(25)34)27-12-10-23(20-35-27)32(41)42-5-2/h6-7,9-12,17-21H,4-5,8,13-16H2,1-3H3. The number of fused-ring (bicyclic) bond motifs is 1. The topological polar surface area (TPSA) is 89.7 Å². The number of benzene rings is 1. The number of amides is 1. The summed E-state index contributed by atoms with van der Waals surface area (Å²) < 4.78 is 22.1. The Morgan fingerprint density at radius 2 is 1.88 bits per heavy atom. The fourth-order valence-electron chi connectivity index (χ4n) is 6.34. The van der Waals surface area contributed by atoms with Gasteiger partial charge in [-0.15, -0.1) is 0 Å². The number of aryl methyl sites for hydroxylation is 1. The summed E-state index contributed by atoms with van der Waals surface area (Å²) in [7, 11) is 0. The van der Waals surface area contributed by atoms with E-state index in [1.807, 2.05) is 17.9 Å². The maximum atomic E-state index is 15.4. The molecule has 3 aromatic heterocycles. The van der Waals surface area contributed by atoms with E-state index >= 15 is 4.39 Å². The molecule has 1 aliphatic heterocycles. The predicted molar refractivity (Wildman–Crippen MR) is 157 cm³/mol. The van der Waals surface area contributed by atoms with Crippen molar-refractivity contribution in [3.8, 4) is 22.5 Å². The van der Waals surface area contributed by atoms with Crippen LogP contribution in [0, 0.1) is 11.2 Å². The average molecular weight is 568 g/mol. The van der Waals surface area contributed by atoms with Gasteiger partial charge in [-0.1, -0.05) is 25.1 Å². The van der Waals surface area contributed by atoms with Crippen LogP contribution in [0.25, 0.3) is 28.2 Å². The lowest BCUT2D eigenvalue weighted by molar-refractivity contribution is 0.0246. The molecule has 6 rings (SSSR count). The first-order chi connectivity index (χ1) is 20.3. The maximum absolute atomic E-state index is 15.4. The number of ether oxygens (including phenoxy) is 1. The van der Waals surface area contributed by atoms with E-state index in [-0.39, 0.29) is 24.0 Å². The molecule has 42 heavy (non-hydrogen) atoms. The molecule has 2 aliphatic rings. The average Bonchev–Trinajstić information content (AvgIpc) is 3.66. The second-order valence-corrected chi connectivity index (χ2v) is 11.2. The molecule has 0 N–H and O–H groups in total. The minimum atomic E-state index is -0.459. The Morgan fingerprint density at radius 1 is 1.07 bits per heavy atom. The number of esters is 1. The molecule has 1 fully saturated rings. The zero-order valence-electron chi connectivity index (χ0n) is 24.1. The smallest absolute Gasteiger partial charge is 0.339 e. The molecular formula is C33H34FN5O3. The van der Waals surface area contributed by atoms with Gasteiger partial charge in [0.15, 0.2) is 5.65 Å². The van der Waals surface area contributed by atoms with Crippen LogP contribution in [0.5, 0.6) is 0 Å². The van der Waals surface area contributed by atoms with Crippen LogP contribution in [0.3, 0.4) is 0 Å². The minimum absolute atomic E-state index is 0.0644. The number of hydrogen-bond acceptors (Lipinski definition) is 6. The summed E-state index contributed by atoms with van der Waals surface area (Å²) in [6.45, 7) is 6.90. The molecule has 1 unspecified atom stereocenters. The Bertz CT molecular complexity index is 1690. The number of piperidine rings is 1. The van der Waals surface area contributed by atoms with Crippen molar-refractivity contribution in [1.29, 1.82) is 0 Å². The van der Waals surface area contributed by atoms with Crippen molar-refractivity contribution in [2.24, 2.45) is 5.41 Å². The summed E-state index contributed by atoms with van der Waals surface area (Å²) in [6.07, 6.45) is 10.7. The quantitative estimate of drug-likeness (QED) is 0.201. The van der Waals surface area contributed by atoms with E-state index in [4.69, 9.17) is 9.72 Å². The third-order valence-corrected chi connectivity index (χ3v) is 8.80. The van der Waals surface area contributed by atoms with E-state index in [0.717, 1.165) is 37.9 Å². The molecule has 1 aromatic carbocycles. The third-order valence-electron chi connectivity index (χ3n) is 8.80. The summed E-state index contributed by atoms with van der Waals surface area (Å²) in [5.74, 6) is -0.972. The van der Waals surface area contributed by atoms with Gasteiger partial charge in [0, 0.05) is 41.7 Å². The molecule has 4 heterocycles. The lowest BCUT2D eigenvalue weighted by atomic mass is 9.72. The molecule has 4 aromatic rings. The number of pyridine rings is 1. The van der Waals surface area contributed by atoms with Gasteiger partial charge in [-0.05, 0) is 81.7 Å². The number of hydrogen-bond donors (Lipinski definition) is 0. The zero-order chi connectivity index (χ0) is 29.4. The van der Waals surface area contributed by atoms with Crippen molar-refractivity contribution in [2.75, 3.05) is 13.2 Å². The van der Waals surface area contributed by atoms with Gasteiger partial charge in [-0.25, -0.2) is 18.7 Å². The normalized spacial score (nSPS) is 17.7. The summed E-state index contributed by atoms with van der Waals surface area (Å²) in [4.78, 5) is 36.7. The Balaban J connectivity index is 1.28. The van der Waals surface area contributed by atoms with Crippen LogP contribution < -0.4 is 0 Å². The maximum Gasteiger partial charge on any atom is 0.339 e. The number of rotatable bonds is 6. The summed E-state index contributed by atoms with van der Waals surface area (Å²) >= 11 is 0. The Morgan fingerprint density at radius 3 is 2.57 bits per heavy atom. The summed E-state index contributed by atoms with van der Waals surface area (Å²) in [5.41, 5.74) is 4.05. The second-order valence-electron chi connectivity index (χ2n) is 11.2.